The highest BCUT2D eigenvalue weighted by atomic mass is 32.1. The number of para-hydroxylation sites is 3. The molecule has 248 valence electrons. The first kappa shape index (κ1) is 32.2. The largest absolute Gasteiger partial charge is 0.457 e. The molecule has 0 fully saturated rings. The summed E-state index contributed by atoms with van der Waals surface area (Å²) in [5.41, 5.74) is 11.0. The summed E-state index contributed by atoms with van der Waals surface area (Å²) >= 11 is 1.70. The van der Waals surface area contributed by atoms with E-state index in [1.54, 1.807) is 11.3 Å². The van der Waals surface area contributed by atoms with Crippen LogP contribution in [0.15, 0.2) is 158 Å². The second-order valence-corrected chi connectivity index (χ2v) is 13.9. The van der Waals surface area contributed by atoms with Crippen LogP contribution in [-0.2, 0) is 0 Å². The van der Waals surface area contributed by atoms with Gasteiger partial charge in [0.05, 0.1) is 21.8 Å². The molecule has 0 spiro atoms. The van der Waals surface area contributed by atoms with Gasteiger partial charge in [-0.15, -0.1) is 11.3 Å². The van der Waals surface area contributed by atoms with Crippen LogP contribution >= 0.6 is 11.3 Å². The molecule has 0 amide bonds. The van der Waals surface area contributed by atoms with Crippen molar-refractivity contribution < 1.29 is 9.47 Å². The average Bonchev–Trinajstić information content (AvgIpc) is 3.58. The molecule has 5 heteroatoms. The van der Waals surface area contributed by atoms with Gasteiger partial charge in [-0.2, -0.15) is 0 Å². The molecule has 0 bridgehead atoms. The van der Waals surface area contributed by atoms with Crippen LogP contribution in [0.4, 0.5) is 0 Å². The van der Waals surface area contributed by atoms with Crippen LogP contribution in [-0.4, -0.2) is 9.97 Å². The lowest BCUT2D eigenvalue weighted by molar-refractivity contribution is 0.473. The third-order valence-electron chi connectivity index (χ3n) is 9.02. The standard InChI is InChI=1S/C46H36N2O2S/c1-30-24-31(2)44(32(3)25-30)34-26-35(46-48-40-19-8-10-22-43(40)51-46)29-38(28-34)49-37-17-13-14-33(27-37)45(41-20-11-12-23-47-41)39-18-7-9-21-42(39)50-36-15-5-4-6-16-36/h4-29,45H,1-3H3/t45-/m0/s1. The van der Waals surface area contributed by atoms with Gasteiger partial charge in [0.2, 0.25) is 0 Å². The number of aromatic nitrogens is 2. The van der Waals surface area contributed by atoms with Gasteiger partial charge in [-0.05, 0) is 121 Å². The summed E-state index contributed by atoms with van der Waals surface area (Å²) in [4.78, 5) is 9.83. The number of ether oxygens (including phenoxy) is 2. The quantitative estimate of drug-likeness (QED) is 0.152. The molecule has 2 heterocycles. The number of thiazole rings is 1. The van der Waals surface area contributed by atoms with E-state index in [1.807, 2.05) is 85.1 Å². The number of pyridine rings is 1. The van der Waals surface area contributed by atoms with E-state index in [1.165, 1.54) is 22.3 Å². The lowest BCUT2D eigenvalue weighted by atomic mass is 9.87. The lowest BCUT2D eigenvalue weighted by Gasteiger charge is -2.21. The van der Waals surface area contributed by atoms with E-state index in [0.717, 1.165) is 66.2 Å². The van der Waals surface area contributed by atoms with Gasteiger partial charge in [0.1, 0.15) is 28.0 Å². The molecule has 8 rings (SSSR count). The highest BCUT2D eigenvalue weighted by Gasteiger charge is 2.23. The van der Waals surface area contributed by atoms with Gasteiger partial charge in [0, 0.05) is 17.3 Å². The van der Waals surface area contributed by atoms with Gasteiger partial charge in [-0.1, -0.05) is 84.4 Å². The molecular formula is C46H36N2O2S. The number of fused-ring (bicyclic) bond motifs is 1. The molecule has 6 aromatic carbocycles. The van der Waals surface area contributed by atoms with E-state index in [0.29, 0.717) is 0 Å². The molecule has 0 aliphatic heterocycles. The predicted molar refractivity (Wildman–Crippen MR) is 209 cm³/mol. The molecule has 2 aromatic heterocycles. The van der Waals surface area contributed by atoms with Gasteiger partial charge in [-0.25, -0.2) is 4.98 Å². The van der Waals surface area contributed by atoms with Crippen molar-refractivity contribution in [1.82, 2.24) is 9.97 Å². The van der Waals surface area contributed by atoms with Crippen molar-refractivity contribution in [2.75, 3.05) is 0 Å². The maximum atomic E-state index is 6.79. The molecular weight excluding hydrogens is 645 g/mol. The molecule has 51 heavy (non-hydrogen) atoms. The van der Waals surface area contributed by atoms with Crippen molar-refractivity contribution in [2.45, 2.75) is 26.7 Å². The van der Waals surface area contributed by atoms with Crippen molar-refractivity contribution >= 4 is 21.6 Å². The Bertz CT molecular complexity index is 2420. The maximum absolute atomic E-state index is 6.79. The summed E-state index contributed by atoms with van der Waals surface area (Å²) in [5.74, 6) is 2.85. The fourth-order valence-electron chi connectivity index (χ4n) is 6.93. The van der Waals surface area contributed by atoms with Crippen molar-refractivity contribution in [3.8, 4) is 44.7 Å². The summed E-state index contributed by atoms with van der Waals surface area (Å²) in [5, 5.41) is 0.962. The van der Waals surface area contributed by atoms with Gasteiger partial charge in [0.15, 0.2) is 0 Å². The first-order chi connectivity index (χ1) is 25.0. The van der Waals surface area contributed by atoms with E-state index in [-0.39, 0.29) is 5.92 Å². The van der Waals surface area contributed by atoms with E-state index in [4.69, 9.17) is 19.4 Å². The van der Waals surface area contributed by atoms with Crippen LogP contribution in [0.5, 0.6) is 23.0 Å². The molecule has 0 aliphatic carbocycles. The summed E-state index contributed by atoms with van der Waals surface area (Å²) < 4.78 is 14.4. The Kier molecular flexibility index (Phi) is 8.87. The molecule has 4 nitrogen and oxygen atoms in total. The Morgan fingerprint density at radius 3 is 2.10 bits per heavy atom. The zero-order valence-corrected chi connectivity index (χ0v) is 29.5. The third-order valence-corrected chi connectivity index (χ3v) is 10.1. The molecule has 1 atom stereocenters. The molecule has 0 aliphatic rings. The zero-order valence-electron chi connectivity index (χ0n) is 28.7. The van der Waals surface area contributed by atoms with Gasteiger partial charge in [0.25, 0.3) is 0 Å². The smallest absolute Gasteiger partial charge is 0.131 e. The number of aryl methyl sites for hydroxylation is 3. The first-order valence-electron chi connectivity index (χ1n) is 17.1. The summed E-state index contributed by atoms with van der Waals surface area (Å²) in [6.45, 7) is 6.51. The predicted octanol–water partition coefficient (Wildman–Crippen LogP) is 12.7. The Labute approximate surface area is 302 Å². The fraction of sp³-hybridized carbons (Fsp3) is 0.0870. The van der Waals surface area contributed by atoms with E-state index in [2.05, 4.69) is 93.6 Å². The zero-order chi connectivity index (χ0) is 34.7. The van der Waals surface area contributed by atoms with Crippen molar-refractivity contribution in [3.63, 3.8) is 0 Å². The Morgan fingerprint density at radius 2 is 1.29 bits per heavy atom. The van der Waals surface area contributed by atoms with Crippen LogP contribution in [0, 0.1) is 20.8 Å². The van der Waals surface area contributed by atoms with Crippen LogP contribution < -0.4 is 9.47 Å². The summed E-state index contributed by atoms with van der Waals surface area (Å²) in [6.07, 6.45) is 1.84. The number of hydrogen-bond donors (Lipinski definition) is 0. The first-order valence-corrected chi connectivity index (χ1v) is 17.9. The Hall–Kier alpha value is -6.04. The normalized spacial score (nSPS) is 11.7. The van der Waals surface area contributed by atoms with Crippen molar-refractivity contribution in [2.24, 2.45) is 0 Å². The second kappa shape index (κ2) is 14.1. The van der Waals surface area contributed by atoms with Gasteiger partial charge in [-0.3, -0.25) is 4.98 Å². The number of rotatable bonds is 9. The molecule has 8 aromatic rings. The van der Waals surface area contributed by atoms with E-state index < -0.39 is 0 Å². The third kappa shape index (κ3) is 6.89. The number of benzene rings is 6. The monoisotopic (exact) mass is 680 g/mol. The minimum atomic E-state index is -0.197. The summed E-state index contributed by atoms with van der Waals surface area (Å²) in [6, 6.07) is 51.7. The van der Waals surface area contributed by atoms with Gasteiger partial charge >= 0.3 is 0 Å². The number of nitrogens with zero attached hydrogens (tertiary/aromatic N) is 2. The average molecular weight is 681 g/mol. The fourth-order valence-corrected chi connectivity index (χ4v) is 7.89. The second-order valence-electron chi connectivity index (χ2n) is 12.8. The lowest BCUT2D eigenvalue weighted by Crippen LogP contribution is -2.07. The van der Waals surface area contributed by atoms with Crippen LogP contribution in [0.2, 0.25) is 0 Å². The minimum Gasteiger partial charge on any atom is -0.457 e. The van der Waals surface area contributed by atoms with Crippen molar-refractivity contribution in [1.29, 1.82) is 0 Å². The van der Waals surface area contributed by atoms with Crippen LogP contribution in [0.3, 0.4) is 0 Å². The Balaban J connectivity index is 1.22. The maximum Gasteiger partial charge on any atom is 0.131 e. The van der Waals surface area contributed by atoms with Crippen LogP contribution in [0.1, 0.15) is 39.4 Å². The van der Waals surface area contributed by atoms with E-state index in [9.17, 15) is 0 Å². The Morgan fingerprint density at radius 1 is 0.569 bits per heavy atom. The SMILES string of the molecule is Cc1cc(C)c(-c2cc(Oc3cccc([C@H](c4ccccn4)c4ccccc4Oc4ccccc4)c3)cc(-c3nc4ccccc4s3)c2)c(C)c1. The molecule has 0 saturated carbocycles. The van der Waals surface area contributed by atoms with Gasteiger partial charge < -0.3 is 9.47 Å². The molecule has 0 radical (unpaired) electrons. The summed E-state index contributed by atoms with van der Waals surface area (Å²) in [7, 11) is 0. The van der Waals surface area contributed by atoms with E-state index >= 15 is 0 Å². The topological polar surface area (TPSA) is 44.2 Å². The highest BCUT2D eigenvalue weighted by molar-refractivity contribution is 7.21. The molecule has 0 N–H and O–H groups in total. The molecule has 0 saturated heterocycles. The number of hydrogen-bond acceptors (Lipinski definition) is 5. The molecule has 0 unspecified atom stereocenters. The van der Waals surface area contributed by atoms with Crippen LogP contribution in [0.25, 0.3) is 31.9 Å². The highest BCUT2D eigenvalue weighted by Crippen LogP contribution is 2.42. The minimum absolute atomic E-state index is 0.197. The van der Waals surface area contributed by atoms with Crippen molar-refractivity contribution in [3.05, 3.63) is 191 Å².